The first-order chi connectivity index (χ1) is 7.66. The molecule has 0 saturated heterocycles. The minimum Gasteiger partial charge on any atom is -0.393 e. The van der Waals surface area contributed by atoms with E-state index in [0.29, 0.717) is 6.04 Å². The highest BCUT2D eigenvalue weighted by atomic mass is 35.5. The maximum atomic E-state index is 9.20. The van der Waals surface area contributed by atoms with Gasteiger partial charge in [0, 0.05) is 11.1 Å². The summed E-state index contributed by atoms with van der Waals surface area (Å²) in [5.74, 6) is 0. The van der Waals surface area contributed by atoms with Crippen LogP contribution in [0.1, 0.15) is 36.9 Å². The monoisotopic (exact) mass is 239 g/mol. The van der Waals surface area contributed by atoms with Crippen molar-refractivity contribution in [1.82, 2.24) is 5.32 Å². The predicted octanol–water partition coefficient (Wildman–Crippen LogP) is 2.69. The number of fused-ring (bicyclic) bond motifs is 1. The lowest BCUT2D eigenvalue weighted by atomic mass is 10.1. The molecule has 0 fully saturated rings. The van der Waals surface area contributed by atoms with E-state index in [1.54, 1.807) is 0 Å². The molecule has 2 nitrogen and oxygen atoms in total. The number of aryl methyl sites for hydroxylation is 1. The topological polar surface area (TPSA) is 32.3 Å². The van der Waals surface area contributed by atoms with Crippen LogP contribution in [0.3, 0.4) is 0 Å². The van der Waals surface area contributed by atoms with Gasteiger partial charge >= 0.3 is 0 Å². The van der Waals surface area contributed by atoms with Crippen LogP contribution in [0.2, 0.25) is 5.02 Å². The van der Waals surface area contributed by atoms with E-state index in [9.17, 15) is 5.11 Å². The lowest BCUT2D eigenvalue weighted by Crippen LogP contribution is -2.23. The first kappa shape index (κ1) is 11.9. The average molecular weight is 240 g/mol. The molecule has 0 aromatic heterocycles. The molecule has 3 heteroatoms. The van der Waals surface area contributed by atoms with Gasteiger partial charge < -0.3 is 10.4 Å². The molecule has 0 heterocycles. The van der Waals surface area contributed by atoms with E-state index in [1.807, 2.05) is 13.0 Å². The summed E-state index contributed by atoms with van der Waals surface area (Å²) in [6.45, 7) is 2.69. The molecule has 0 aliphatic heterocycles. The SMILES string of the molecule is CC(O)CCNC1CCc2cc(Cl)ccc21. The first-order valence-electron chi connectivity index (χ1n) is 5.86. The van der Waals surface area contributed by atoms with Crippen LogP contribution in [-0.2, 0) is 6.42 Å². The normalized spacial score (nSPS) is 20.8. The van der Waals surface area contributed by atoms with Crippen molar-refractivity contribution in [3.8, 4) is 0 Å². The Hall–Kier alpha value is -0.570. The number of halogens is 1. The highest BCUT2D eigenvalue weighted by molar-refractivity contribution is 6.30. The van der Waals surface area contributed by atoms with Crippen molar-refractivity contribution in [2.45, 2.75) is 38.3 Å². The minimum absolute atomic E-state index is 0.224. The number of aliphatic hydroxyl groups is 1. The maximum Gasteiger partial charge on any atom is 0.0524 e. The molecule has 0 spiro atoms. The third-order valence-electron chi connectivity index (χ3n) is 3.14. The van der Waals surface area contributed by atoms with Crippen molar-refractivity contribution < 1.29 is 5.11 Å². The van der Waals surface area contributed by atoms with Crippen LogP contribution in [0.15, 0.2) is 18.2 Å². The summed E-state index contributed by atoms with van der Waals surface area (Å²) in [7, 11) is 0. The molecular formula is C13H18ClNO. The molecule has 1 aromatic carbocycles. The van der Waals surface area contributed by atoms with Gasteiger partial charge in [0.05, 0.1) is 6.10 Å². The minimum atomic E-state index is -0.224. The highest BCUT2D eigenvalue weighted by Crippen LogP contribution is 2.32. The first-order valence-corrected chi connectivity index (χ1v) is 6.24. The fourth-order valence-electron chi connectivity index (χ4n) is 2.26. The number of aliphatic hydroxyl groups excluding tert-OH is 1. The summed E-state index contributed by atoms with van der Waals surface area (Å²) in [5.41, 5.74) is 2.73. The van der Waals surface area contributed by atoms with Crippen LogP contribution in [0.4, 0.5) is 0 Å². The van der Waals surface area contributed by atoms with Gasteiger partial charge in [-0.25, -0.2) is 0 Å². The van der Waals surface area contributed by atoms with Crippen LogP contribution < -0.4 is 5.32 Å². The number of hydrogen-bond acceptors (Lipinski definition) is 2. The fourth-order valence-corrected chi connectivity index (χ4v) is 2.46. The summed E-state index contributed by atoms with van der Waals surface area (Å²) in [4.78, 5) is 0. The second kappa shape index (κ2) is 5.17. The largest absolute Gasteiger partial charge is 0.393 e. The van der Waals surface area contributed by atoms with Gasteiger partial charge in [0.2, 0.25) is 0 Å². The van der Waals surface area contributed by atoms with Gasteiger partial charge in [0.15, 0.2) is 0 Å². The number of benzene rings is 1. The van der Waals surface area contributed by atoms with Crippen molar-refractivity contribution in [3.05, 3.63) is 34.3 Å². The molecule has 2 unspecified atom stereocenters. The molecule has 16 heavy (non-hydrogen) atoms. The van der Waals surface area contributed by atoms with E-state index in [0.717, 1.165) is 30.8 Å². The molecule has 2 rings (SSSR count). The molecule has 2 atom stereocenters. The van der Waals surface area contributed by atoms with Gasteiger partial charge in [0.25, 0.3) is 0 Å². The highest BCUT2D eigenvalue weighted by Gasteiger charge is 2.21. The Labute approximate surface area is 102 Å². The third kappa shape index (κ3) is 2.76. The average Bonchev–Trinajstić information content (AvgIpc) is 2.60. The Morgan fingerprint density at radius 2 is 2.38 bits per heavy atom. The van der Waals surface area contributed by atoms with E-state index in [4.69, 9.17) is 11.6 Å². The van der Waals surface area contributed by atoms with Crippen LogP contribution in [0.5, 0.6) is 0 Å². The summed E-state index contributed by atoms with van der Waals surface area (Å²) in [5, 5.41) is 13.5. The van der Waals surface area contributed by atoms with Gasteiger partial charge in [0.1, 0.15) is 0 Å². The van der Waals surface area contributed by atoms with E-state index in [2.05, 4.69) is 17.4 Å². The summed E-state index contributed by atoms with van der Waals surface area (Å²) < 4.78 is 0. The van der Waals surface area contributed by atoms with E-state index >= 15 is 0 Å². The van der Waals surface area contributed by atoms with Gasteiger partial charge in [-0.15, -0.1) is 0 Å². The van der Waals surface area contributed by atoms with Crippen molar-refractivity contribution >= 4 is 11.6 Å². The number of hydrogen-bond donors (Lipinski definition) is 2. The van der Waals surface area contributed by atoms with Crippen LogP contribution in [0, 0.1) is 0 Å². The summed E-state index contributed by atoms with van der Waals surface area (Å²) >= 11 is 5.96. The predicted molar refractivity (Wildman–Crippen MR) is 66.8 cm³/mol. The Bertz CT molecular complexity index is 365. The molecule has 0 bridgehead atoms. The molecule has 0 amide bonds. The zero-order valence-corrected chi connectivity index (χ0v) is 10.3. The van der Waals surface area contributed by atoms with E-state index in [1.165, 1.54) is 11.1 Å². The lowest BCUT2D eigenvalue weighted by molar-refractivity contribution is 0.182. The number of rotatable bonds is 4. The molecule has 88 valence electrons. The Morgan fingerprint density at radius 3 is 3.12 bits per heavy atom. The zero-order chi connectivity index (χ0) is 11.5. The molecule has 2 N–H and O–H groups in total. The second-order valence-electron chi connectivity index (χ2n) is 4.53. The quantitative estimate of drug-likeness (QED) is 0.847. The maximum absolute atomic E-state index is 9.20. The Morgan fingerprint density at radius 1 is 1.56 bits per heavy atom. The summed E-state index contributed by atoms with van der Waals surface area (Å²) in [6, 6.07) is 6.57. The molecule has 1 aromatic rings. The zero-order valence-electron chi connectivity index (χ0n) is 9.54. The van der Waals surface area contributed by atoms with Gasteiger partial charge in [-0.3, -0.25) is 0 Å². The van der Waals surface area contributed by atoms with Crippen molar-refractivity contribution in [3.63, 3.8) is 0 Å². The van der Waals surface area contributed by atoms with Crippen molar-refractivity contribution in [2.75, 3.05) is 6.54 Å². The van der Waals surface area contributed by atoms with Gasteiger partial charge in [-0.2, -0.15) is 0 Å². The second-order valence-corrected chi connectivity index (χ2v) is 4.96. The van der Waals surface area contributed by atoms with Crippen LogP contribution >= 0.6 is 11.6 Å². The fraction of sp³-hybridized carbons (Fsp3) is 0.538. The number of nitrogens with one attached hydrogen (secondary N) is 1. The lowest BCUT2D eigenvalue weighted by Gasteiger charge is -2.14. The van der Waals surface area contributed by atoms with Crippen molar-refractivity contribution in [1.29, 1.82) is 0 Å². The molecule has 0 radical (unpaired) electrons. The Balaban J connectivity index is 1.95. The van der Waals surface area contributed by atoms with Gasteiger partial charge in [-0.1, -0.05) is 17.7 Å². The smallest absolute Gasteiger partial charge is 0.0524 e. The summed E-state index contributed by atoms with van der Waals surface area (Å²) in [6.07, 6.45) is 2.82. The molecule has 1 aliphatic carbocycles. The van der Waals surface area contributed by atoms with Crippen LogP contribution in [0.25, 0.3) is 0 Å². The third-order valence-corrected chi connectivity index (χ3v) is 3.37. The van der Waals surface area contributed by atoms with Crippen LogP contribution in [-0.4, -0.2) is 17.8 Å². The molecule has 0 saturated carbocycles. The molecule has 1 aliphatic rings. The standard InChI is InChI=1S/C13H18ClNO/c1-9(16)6-7-15-13-5-2-10-8-11(14)3-4-12(10)13/h3-4,8-9,13,15-16H,2,5-7H2,1H3. The van der Waals surface area contributed by atoms with E-state index in [-0.39, 0.29) is 6.10 Å². The van der Waals surface area contributed by atoms with Crippen molar-refractivity contribution in [2.24, 2.45) is 0 Å². The Kier molecular flexibility index (Phi) is 3.85. The molecular weight excluding hydrogens is 222 g/mol. The van der Waals surface area contributed by atoms with Gasteiger partial charge in [-0.05, 0) is 56.0 Å². The van der Waals surface area contributed by atoms with E-state index < -0.39 is 0 Å².